The molecule has 0 unspecified atom stereocenters. The zero-order chi connectivity index (χ0) is 14.0. The van der Waals surface area contributed by atoms with E-state index in [1.165, 1.54) is 12.1 Å². The van der Waals surface area contributed by atoms with Gasteiger partial charge in [-0.1, -0.05) is 11.2 Å². The molecule has 1 aromatic carbocycles. The predicted octanol–water partition coefficient (Wildman–Crippen LogP) is 0.220. The molecule has 9 heteroatoms. The quantitative estimate of drug-likeness (QED) is 0.682. The lowest BCUT2D eigenvalue weighted by Gasteiger charge is -2.10. The lowest BCUT2D eigenvalue weighted by Crippen LogP contribution is -2.15. The highest BCUT2D eigenvalue weighted by molar-refractivity contribution is 7.89. The Morgan fingerprint density at radius 3 is 2.74 bits per heavy atom. The first-order valence-corrected chi connectivity index (χ1v) is 6.87. The standard InChI is InChI=1S/C10H13N5O3S/c1-6-14-9(18-15-6)5-13-7-3-2-4-8(10(7)11)19(12,16)17/h2-4,13H,5,11H2,1H3,(H2,12,16,17). The molecule has 0 aliphatic carbocycles. The summed E-state index contributed by atoms with van der Waals surface area (Å²) in [6.07, 6.45) is 0. The topological polar surface area (TPSA) is 137 Å². The number of hydrogen-bond acceptors (Lipinski definition) is 7. The minimum atomic E-state index is -3.85. The molecule has 5 N–H and O–H groups in total. The molecular formula is C10H13N5O3S. The Balaban J connectivity index is 2.22. The molecule has 0 spiro atoms. The van der Waals surface area contributed by atoms with Crippen LogP contribution in [-0.4, -0.2) is 18.6 Å². The normalized spacial score (nSPS) is 11.5. The van der Waals surface area contributed by atoms with Crippen LogP contribution in [-0.2, 0) is 16.6 Å². The summed E-state index contributed by atoms with van der Waals surface area (Å²) in [5.74, 6) is 0.890. The summed E-state index contributed by atoms with van der Waals surface area (Å²) < 4.78 is 27.5. The van der Waals surface area contributed by atoms with Crippen LogP contribution in [0.3, 0.4) is 0 Å². The Morgan fingerprint density at radius 2 is 2.16 bits per heavy atom. The number of aromatic nitrogens is 2. The van der Waals surface area contributed by atoms with Crippen molar-refractivity contribution >= 4 is 21.4 Å². The number of aryl methyl sites for hydroxylation is 1. The largest absolute Gasteiger partial charge is 0.396 e. The third kappa shape index (κ3) is 3.01. The molecule has 19 heavy (non-hydrogen) atoms. The molecule has 0 fully saturated rings. The Labute approximate surface area is 109 Å². The highest BCUT2D eigenvalue weighted by Gasteiger charge is 2.14. The van der Waals surface area contributed by atoms with E-state index >= 15 is 0 Å². The van der Waals surface area contributed by atoms with Crippen molar-refractivity contribution in [3.05, 3.63) is 29.9 Å². The average Bonchev–Trinajstić information content (AvgIpc) is 2.72. The summed E-state index contributed by atoms with van der Waals surface area (Å²) >= 11 is 0. The maximum atomic E-state index is 11.3. The van der Waals surface area contributed by atoms with Gasteiger partial charge in [-0.3, -0.25) is 0 Å². The number of rotatable bonds is 4. The second-order valence-electron chi connectivity index (χ2n) is 3.85. The van der Waals surface area contributed by atoms with Gasteiger partial charge in [-0.15, -0.1) is 0 Å². The van der Waals surface area contributed by atoms with Crippen LogP contribution in [0.1, 0.15) is 11.7 Å². The molecule has 0 radical (unpaired) electrons. The zero-order valence-electron chi connectivity index (χ0n) is 10.1. The highest BCUT2D eigenvalue weighted by atomic mass is 32.2. The fraction of sp³-hybridized carbons (Fsp3) is 0.200. The van der Waals surface area contributed by atoms with Gasteiger partial charge < -0.3 is 15.6 Å². The maximum Gasteiger partial charge on any atom is 0.245 e. The van der Waals surface area contributed by atoms with E-state index in [9.17, 15) is 8.42 Å². The summed E-state index contributed by atoms with van der Waals surface area (Å²) in [4.78, 5) is 3.88. The second-order valence-corrected chi connectivity index (χ2v) is 5.38. The van der Waals surface area contributed by atoms with Crippen molar-refractivity contribution in [3.63, 3.8) is 0 Å². The highest BCUT2D eigenvalue weighted by Crippen LogP contribution is 2.25. The number of nitrogens with one attached hydrogen (secondary N) is 1. The average molecular weight is 283 g/mol. The minimum Gasteiger partial charge on any atom is -0.396 e. The molecule has 0 saturated carbocycles. The van der Waals surface area contributed by atoms with Crippen molar-refractivity contribution in [2.24, 2.45) is 5.14 Å². The molecule has 8 nitrogen and oxygen atoms in total. The van der Waals surface area contributed by atoms with Gasteiger partial charge in [0.05, 0.1) is 17.9 Å². The van der Waals surface area contributed by atoms with Crippen LogP contribution >= 0.6 is 0 Å². The molecule has 102 valence electrons. The number of hydrogen-bond donors (Lipinski definition) is 3. The van der Waals surface area contributed by atoms with Crippen LogP contribution in [0.4, 0.5) is 11.4 Å². The van der Waals surface area contributed by atoms with Gasteiger partial charge in [0.15, 0.2) is 5.82 Å². The molecule has 0 amide bonds. The van der Waals surface area contributed by atoms with E-state index in [4.69, 9.17) is 15.4 Å². The van der Waals surface area contributed by atoms with Gasteiger partial charge in [0.25, 0.3) is 0 Å². The van der Waals surface area contributed by atoms with Gasteiger partial charge in [-0.25, -0.2) is 13.6 Å². The molecule has 0 saturated heterocycles. The minimum absolute atomic E-state index is 0.0567. The zero-order valence-corrected chi connectivity index (χ0v) is 10.9. The number of nitrogens with zero attached hydrogens (tertiary/aromatic N) is 2. The number of anilines is 2. The predicted molar refractivity (Wildman–Crippen MR) is 68.6 cm³/mol. The van der Waals surface area contributed by atoms with Crippen LogP contribution in [0.15, 0.2) is 27.6 Å². The molecular weight excluding hydrogens is 270 g/mol. The summed E-state index contributed by atoms with van der Waals surface area (Å²) in [6.45, 7) is 1.93. The fourth-order valence-electron chi connectivity index (χ4n) is 1.53. The van der Waals surface area contributed by atoms with E-state index in [-0.39, 0.29) is 17.1 Å². The Morgan fingerprint density at radius 1 is 1.42 bits per heavy atom. The monoisotopic (exact) mass is 283 g/mol. The van der Waals surface area contributed by atoms with Crippen LogP contribution in [0.2, 0.25) is 0 Å². The molecule has 0 aliphatic rings. The number of nitrogen functional groups attached to an aromatic ring is 1. The van der Waals surface area contributed by atoms with Crippen LogP contribution in [0.25, 0.3) is 0 Å². The van der Waals surface area contributed by atoms with E-state index in [0.29, 0.717) is 17.4 Å². The van der Waals surface area contributed by atoms with Gasteiger partial charge in [0, 0.05) is 0 Å². The molecule has 2 aromatic rings. The van der Waals surface area contributed by atoms with Crippen LogP contribution in [0.5, 0.6) is 0 Å². The van der Waals surface area contributed by atoms with E-state index in [1.807, 2.05) is 0 Å². The number of benzene rings is 1. The van der Waals surface area contributed by atoms with Crippen molar-refractivity contribution in [2.75, 3.05) is 11.1 Å². The van der Waals surface area contributed by atoms with Crippen molar-refractivity contribution < 1.29 is 12.9 Å². The number of para-hydroxylation sites is 1. The molecule has 1 aromatic heterocycles. The second kappa shape index (κ2) is 4.86. The Kier molecular flexibility index (Phi) is 3.40. The van der Waals surface area contributed by atoms with Crippen molar-refractivity contribution in [1.29, 1.82) is 0 Å². The Hall–Kier alpha value is -2.13. The summed E-state index contributed by atoms with van der Waals surface area (Å²) in [5, 5.41) is 11.6. The fourth-order valence-corrected chi connectivity index (χ4v) is 2.21. The smallest absolute Gasteiger partial charge is 0.245 e. The van der Waals surface area contributed by atoms with Crippen molar-refractivity contribution in [3.8, 4) is 0 Å². The molecule has 0 bridgehead atoms. The van der Waals surface area contributed by atoms with Crippen molar-refractivity contribution in [1.82, 2.24) is 10.1 Å². The lowest BCUT2D eigenvalue weighted by atomic mass is 10.2. The van der Waals surface area contributed by atoms with E-state index in [1.54, 1.807) is 13.0 Å². The third-order valence-corrected chi connectivity index (χ3v) is 3.34. The first-order valence-electron chi connectivity index (χ1n) is 5.32. The molecule has 0 aliphatic heterocycles. The van der Waals surface area contributed by atoms with Crippen LogP contribution in [0, 0.1) is 6.92 Å². The SMILES string of the molecule is Cc1noc(CNc2cccc(S(N)(=O)=O)c2N)n1. The Bertz CT molecular complexity index is 695. The van der Waals surface area contributed by atoms with Gasteiger partial charge in [-0.2, -0.15) is 4.98 Å². The van der Waals surface area contributed by atoms with E-state index in [0.717, 1.165) is 0 Å². The van der Waals surface area contributed by atoms with E-state index < -0.39 is 10.0 Å². The number of nitrogens with two attached hydrogens (primary N) is 2. The summed E-state index contributed by atoms with van der Waals surface area (Å²) in [6, 6.07) is 4.51. The van der Waals surface area contributed by atoms with Gasteiger partial charge in [-0.05, 0) is 19.1 Å². The molecule has 0 atom stereocenters. The number of sulfonamides is 1. The van der Waals surface area contributed by atoms with E-state index in [2.05, 4.69) is 15.5 Å². The van der Waals surface area contributed by atoms with Gasteiger partial charge in [0.2, 0.25) is 15.9 Å². The van der Waals surface area contributed by atoms with Gasteiger partial charge >= 0.3 is 0 Å². The number of primary sulfonamides is 1. The maximum absolute atomic E-state index is 11.3. The molecule has 1 heterocycles. The first-order chi connectivity index (χ1) is 8.88. The van der Waals surface area contributed by atoms with Crippen LogP contribution < -0.4 is 16.2 Å². The summed E-state index contributed by atoms with van der Waals surface area (Å²) in [7, 11) is -3.85. The third-order valence-electron chi connectivity index (χ3n) is 2.37. The van der Waals surface area contributed by atoms with Crippen molar-refractivity contribution in [2.45, 2.75) is 18.4 Å². The summed E-state index contributed by atoms with van der Waals surface area (Å²) in [5.41, 5.74) is 6.24. The lowest BCUT2D eigenvalue weighted by molar-refractivity contribution is 0.379. The van der Waals surface area contributed by atoms with Gasteiger partial charge in [0.1, 0.15) is 4.90 Å². The first kappa shape index (κ1) is 13.3. The molecule has 2 rings (SSSR count).